The number of anilines is 2. The van der Waals surface area contributed by atoms with E-state index in [4.69, 9.17) is 9.47 Å². The SMILES string of the molecule is C[C@@H](OCc1ccccc1)[C@@H](C)Oc1nc(Nc2ccc(I)cc2)ncc1C(F)(F)F. The highest BCUT2D eigenvalue weighted by Crippen LogP contribution is 2.36. The van der Waals surface area contributed by atoms with Gasteiger partial charge in [0.1, 0.15) is 11.7 Å². The number of aromatic nitrogens is 2. The lowest BCUT2D eigenvalue weighted by Crippen LogP contribution is -2.30. The Balaban J connectivity index is 1.74. The van der Waals surface area contributed by atoms with E-state index in [-0.39, 0.29) is 5.95 Å². The highest BCUT2D eigenvalue weighted by molar-refractivity contribution is 14.1. The van der Waals surface area contributed by atoms with Crippen molar-refractivity contribution in [3.05, 3.63) is 75.5 Å². The standard InChI is InChI=1S/C22H21F3IN3O2/c1-14(30-13-16-6-4-3-5-7-16)15(2)31-20-19(22(23,24)25)12-27-21(29-20)28-18-10-8-17(26)9-11-18/h3-12,14-15H,13H2,1-2H3,(H,27,28,29)/t14-,15-/m1/s1. The fraction of sp³-hybridized carbons (Fsp3) is 0.273. The number of nitrogens with zero attached hydrogens (tertiary/aromatic N) is 2. The summed E-state index contributed by atoms with van der Waals surface area (Å²) in [5.74, 6) is -0.535. The van der Waals surface area contributed by atoms with Gasteiger partial charge >= 0.3 is 6.18 Å². The van der Waals surface area contributed by atoms with Crippen molar-refractivity contribution in [1.82, 2.24) is 9.97 Å². The average Bonchev–Trinajstić information content (AvgIpc) is 2.73. The number of hydrogen-bond acceptors (Lipinski definition) is 5. The molecule has 0 radical (unpaired) electrons. The Bertz CT molecular complexity index is 986. The van der Waals surface area contributed by atoms with Gasteiger partial charge in [0.15, 0.2) is 0 Å². The van der Waals surface area contributed by atoms with Crippen LogP contribution >= 0.6 is 22.6 Å². The zero-order valence-electron chi connectivity index (χ0n) is 16.9. The molecule has 1 N–H and O–H groups in total. The van der Waals surface area contributed by atoms with Crippen LogP contribution in [0.4, 0.5) is 24.8 Å². The minimum atomic E-state index is -4.65. The Hall–Kier alpha value is -2.40. The summed E-state index contributed by atoms with van der Waals surface area (Å²) in [6, 6.07) is 16.8. The molecule has 0 aliphatic heterocycles. The van der Waals surface area contributed by atoms with E-state index in [9.17, 15) is 13.2 Å². The molecule has 2 atom stereocenters. The third kappa shape index (κ3) is 6.79. The summed E-state index contributed by atoms with van der Waals surface area (Å²) in [5, 5.41) is 2.90. The normalized spacial score (nSPS) is 13.5. The maximum atomic E-state index is 13.5. The number of benzene rings is 2. The van der Waals surface area contributed by atoms with Crippen molar-refractivity contribution in [1.29, 1.82) is 0 Å². The number of rotatable bonds is 8. The largest absolute Gasteiger partial charge is 0.471 e. The van der Waals surface area contributed by atoms with Crippen molar-refractivity contribution < 1.29 is 22.6 Å². The van der Waals surface area contributed by atoms with E-state index in [1.807, 2.05) is 42.5 Å². The molecule has 0 saturated heterocycles. The Kier molecular flexibility index (Phi) is 7.71. The van der Waals surface area contributed by atoms with E-state index in [2.05, 4.69) is 37.9 Å². The first-order chi connectivity index (χ1) is 14.7. The first-order valence-corrected chi connectivity index (χ1v) is 10.6. The van der Waals surface area contributed by atoms with E-state index in [1.165, 1.54) is 0 Å². The molecule has 0 aliphatic carbocycles. The average molecular weight is 543 g/mol. The molecule has 2 aromatic carbocycles. The van der Waals surface area contributed by atoms with Crippen molar-refractivity contribution >= 4 is 34.2 Å². The molecule has 0 saturated carbocycles. The molecule has 3 rings (SSSR count). The second-order valence-electron chi connectivity index (χ2n) is 6.87. The van der Waals surface area contributed by atoms with Crippen LogP contribution in [0.3, 0.4) is 0 Å². The van der Waals surface area contributed by atoms with Gasteiger partial charge in [-0.05, 0) is 66.3 Å². The van der Waals surface area contributed by atoms with Crippen molar-refractivity contribution in [2.45, 2.75) is 38.8 Å². The number of halogens is 4. The minimum Gasteiger partial charge on any atom is -0.471 e. The Morgan fingerprint density at radius 3 is 2.32 bits per heavy atom. The number of ether oxygens (including phenoxy) is 2. The third-order valence-corrected chi connectivity index (χ3v) is 5.19. The van der Waals surface area contributed by atoms with Gasteiger partial charge in [-0.2, -0.15) is 18.2 Å². The molecule has 5 nitrogen and oxygen atoms in total. The van der Waals surface area contributed by atoms with Gasteiger partial charge < -0.3 is 14.8 Å². The summed E-state index contributed by atoms with van der Waals surface area (Å²) in [6.45, 7) is 3.71. The van der Waals surface area contributed by atoms with E-state index in [0.29, 0.717) is 12.3 Å². The minimum absolute atomic E-state index is 0.00858. The zero-order chi connectivity index (χ0) is 22.4. The number of nitrogens with one attached hydrogen (secondary N) is 1. The maximum absolute atomic E-state index is 13.5. The lowest BCUT2D eigenvalue weighted by Gasteiger charge is -2.23. The summed E-state index contributed by atoms with van der Waals surface area (Å²) in [7, 11) is 0. The summed E-state index contributed by atoms with van der Waals surface area (Å²) in [4.78, 5) is 7.77. The van der Waals surface area contributed by atoms with Crippen molar-refractivity contribution in [3.63, 3.8) is 0 Å². The lowest BCUT2D eigenvalue weighted by atomic mass is 10.2. The lowest BCUT2D eigenvalue weighted by molar-refractivity contribution is -0.140. The first-order valence-electron chi connectivity index (χ1n) is 9.51. The van der Waals surface area contributed by atoms with Crippen molar-refractivity contribution in [3.8, 4) is 5.88 Å². The molecular weight excluding hydrogens is 522 g/mol. The molecule has 0 unspecified atom stereocenters. The quantitative estimate of drug-likeness (QED) is 0.342. The summed E-state index contributed by atoms with van der Waals surface area (Å²) < 4.78 is 52.7. The van der Waals surface area contributed by atoms with Gasteiger partial charge in [0.2, 0.25) is 11.8 Å². The van der Waals surface area contributed by atoms with E-state index in [0.717, 1.165) is 15.3 Å². The van der Waals surface area contributed by atoms with Crippen LogP contribution in [0.2, 0.25) is 0 Å². The number of hydrogen-bond donors (Lipinski definition) is 1. The van der Waals surface area contributed by atoms with Gasteiger partial charge in [-0.25, -0.2) is 4.98 Å². The van der Waals surface area contributed by atoms with E-state index < -0.39 is 29.8 Å². The molecular formula is C22H21F3IN3O2. The van der Waals surface area contributed by atoms with E-state index in [1.54, 1.807) is 26.0 Å². The molecule has 31 heavy (non-hydrogen) atoms. The van der Waals surface area contributed by atoms with Crippen LogP contribution in [0.25, 0.3) is 0 Å². The van der Waals surface area contributed by atoms with Crippen LogP contribution in [0.5, 0.6) is 5.88 Å². The van der Waals surface area contributed by atoms with Gasteiger partial charge in [-0.1, -0.05) is 30.3 Å². The van der Waals surface area contributed by atoms with Crippen LogP contribution in [0.15, 0.2) is 60.8 Å². The summed E-state index contributed by atoms with van der Waals surface area (Å²) >= 11 is 2.16. The van der Waals surface area contributed by atoms with Crippen LogP contribution in [0, 0.1) is 3.57 Å². The van der Waals surface area contributed by atoms with Gasteiger partial charge in [-0.15, -0.1) is 0 Å². The predicted octanol–water partition coefficient (Wildman–Crippen LogP) is 6.22. The molecule has 0 spiro atoms. The highest BCUT2D eigenvalue weighted by atomic mass is 127. The molecule has 164 valence electrons. The highest BCUT2D eigenvalue weighted by Gasteiger charge is 2.37. The Morgan fingerprint density at radius 1 is 1.00 bits per heavy atom. The van der Waals surface area contributed by atoms with Gasteiger partial charge in [0, 0.05) is 15.5 Å². The van der Waals surface area contributed by atoms with Gasteiger partial charge in [0.25, 0.3) is 0 Å². The van der Waals surface area contributed by atoms with Crippen molar-refractivity contribution in [2.75, 3.05) is 5.32 Å². The van der Waals surface area contributed by atoms with Crippen LogP contribution in [0.1, 0.15) is 25.0 Å². The summed E-state index contributed by atoms with van der Waals surface area (Å²) in [5.41, 5.74) is 0.574. The van der Waals surface area contributed by atoms with Crippen LogP contribution < -0.4 is 10.1 Å². The smallest absolute Gasteiger partial charge is 0.423 e. The van der Waals surface area contributed by atoms with Crippen molar-refractivity contribution in [2.24, 2.45) is 0 Å². The fourth-order valence-corrected chi connectivity index (χ4v) is 2.94. The molecule has 1 heterocycles. The van der Waals surface area contributed by atoms with Crippen LogP contribution in [-0.2, 0) is 17.5 Å². The monoisotopic (exact) mass is 543 g/mol. The fourth-order valence-electron chi connectivity index (χ4n) is 2.58. The third-order valence-electron chi connectivity index (χ3n) is 4.47. The Morgan fingerprint density at radius 2 is 1.68 bits per heavy atom. The van der Waals surface area contributed by atoms with Gasteiger partial charge in [-0.3, -0.25) is 0 Å². The second kappa shape index (κ2) is 10.3. The second-order valence-corrected chi connectivity index (χ2v) is 8.11. The molecule has 1 aromatic heterocycles. The predicted molar refractivity (Wildman–Crippen MR) is 120 cm³/mol. The topological polar surface area (TPSA) is 56.3 Å². The maximum Gasteiger partial charge on any atom is 0.423 e. The molecule has 9 heteroatoms. The Labute approximate surface area is 192 Å². The van der Waals surface area contributed by atoms with Gasteiger partial charge in [0.05, 0.1) is 12.7 Å². The molecule has 3 aromatic rings. The summed E-state index contributed by atoms with van der Waals surface area (Å²) in [6.07, 6.45) is -5.07. The zero-order valence-corrected chi connectivity index (χ0v) is 19.0. The van der Waals surface area contributed by atoms with E-state index >= 15 is 0 Å². The molecule has 0 aliphatic rings. The molecule has 0 amide bonds. The molecule has 0 bridgehead atoms. The first kappa shape index (κ1) is 23.3. The van der Waals surface area contributed by atoms with Crippen LogP contribution in [-0.4, -0.2) is 22.2 Å². The molecule has 0 fully saturated rings. The number of alkyl halides is 3.